The van der Waals surface area contributed by atoms with Gasteiger partial charge in [0.15, 0.2) is 0 Å². The third-order valence-electron chi connectivity index (χ3n) is 12.0. The number of carbonyl (C=O) groups excluding carboxylic acids is 2. The molecule has 0 heterocycles. The fourth-order valence-electron chi connectivity index (χ4n) is 7.75. The number of nitrogens with zero attached hydrogens (tertiary/aromatic N) is 1. The van der Waals surface area contributed by atoms with Crippen LogP contribution >= 0.6 is 0 Å². The van der Waals surface area contributed by atoms with Gasteiger partial charge >= 0.3 is 5.97 Å². The molecule has 0 aromatic rings. The molecular weight excluding hydrogens is 707 g/mol. The van der Waals surface area contributed by atoms with Gasteiger partial charge in [-0.25, -0.2) is 0 Å². The second-order valence-electron chi connectivity index (χ2n) is 17.4. The lowest BCUT2D eigenvalue weighted by Crippen LogP contribution is -2.20. The van der Waals surface area contributed by atoms with E-state index in [4.69, 9.17) is 14.2 Å². The first-order valence-corrected chi connectivity index (χ1v) is 25.3. The largest absolute Gasteiger partial charge is 0.466 e. The number of rotatable bonds is 45. The Bertz CT molecular complexity index is 752. The van der Waals surface area contributed by atoms with Gasteiger partial charge in [-0.1, -0.05) is 189 Å². The second-order valence-corrected chi connectivity index (χ2v) is 17.4. The van der Waals surface area contributed by atoms with Crippen molar-refractivity contribution < 1.29 is 23.8 Å². The SMILES string of the molecule is CCCCC(CCCC)CCOC.CCCCC(CCCC)CCOC(=O)CCCCCCCCCC(CCCCCCCCCC=O)OCCCCN(C)CC. The molecule has 0 saturated heterocycles. The van der Waals surface area contributed by atoms with Crippen LogP contribution in [0.5, 0.6) is 0 Å². The standard InChI is InChI=1S/C39H77NO4.C12H26O/c1-5-8-27-37(28-9-6-2)32-36-44-39(42)31-23-19-15-12-14-18-22-30-38(43-35-26-24-33-40(4)7-3)29-21-17-13-10-11-16-20-25-34-41;1-4-6-8-12(9-7-5-2)10-11-13-3/h34,37-38H,5-33,35-36H2,1-4H3;12H,4-11H2,1-3H3. The van der Waals surface area contributed by atoms with E-state index in [2.05, 4.69) is 46.6 Å². The Morgan fingerprint density at radius 3 is 1.42 bits per heavy atom. The van der Waals surface area contributed by atoms with Gasteiger partial charge < -0.3 is 23.9 Å². The fourth-order valence-corrected chi connectivity index (χ4v) is 7.75. The van der Waals surface area contributed by atoms with Gasteiger partial charge in [0.25, 0.3) is 0 Å². The Balaban J connectivity index is 0. The van der Waals surface area contributed by atoms with Crippen LogP contribution in [0, 0.1) is 11.8 Å². The molecule has 0 aliphatic carbocycles. The summed E-state index contributed by atoms with van der Waals surface area (Å²) < 4.78 is 17.1. The van der Waals surface area contributed by atoms with E-state index < -0.39 is 0 Å². The smallest absolute Gasteiger partial charge is 0.305 e. The van der Waals surface area contributed by atoms with Crippen LogP contribution in [0.25, 0.3) is 0 Å². The third-order valence-corrected chi connectivity index (χ3v) is 12.0. The summed E-state index contributed by atoms with van der Waals surface area (Å²) in [6.07, 6.45) is 42.9. The van der Waals surface area contributed by atoms with Gasteiger partial charge in [0.1, 0.15) is 6.29 Å². The molecule has 0 bridgehead atoms. The molecule has 0 N–H and O–H groups in total. The Hall–Kier alpha value is -0.980. The molecule has 0 aliphatic heterocycles. The summed E-state index contributed by atoms with van der Waals surface area (Å²) in [6, 6.07) is 0. The molecule has 6 heteroatoms. The monoisotopic (exact) mass is 810 g/mol. The number of carbonyl (C=O) groups is 2. The maximum atomic E-state index is 12.2. The zero-order valence-electron chi connectivity index (χ0n) is 39.9. The Labute approximate surface area is 357 Å². The summed E-state index contributed by atoms with van der Waals surface area (Å²) >= 11 is 0. The highest BCUT2D eigenvalue weighted by Crippen LogP contribution is 2.22. The molecule has 342 valence electrons. The normalized spacial score (nSPS) is 12.0. The van der Waals surface area contributed by atoms with E-state index in [0.29, 0.717) is 19.1 Å². The Morgan fingerprint density at radius 2 is 0.965 bits per heavy atom. The average molecular weight is 810 g/mol. The number of ether oxygens (including phenoxy) is 3. The van der Waals surface area contributed by atoms with Gasteiger partial charge in [0.2, 0.25) is 0 Å². The van der Waals surface area contributed by atoms with Gasteiger partial charge in [0, 0.05) is 33.2 Å². The number of methoxy groups -OCH3 is 1. The molecule has 1 unspecified atom stereocenters. The first-order chi connectivity index (χ1) is 27.9. The lowest BCUT2D eigenvalue weighted by molar-refractivity contribution is -0.144. The van der Waals surface area contributed by atoms with E-state index >= 15 is 0 Å². The maximum Gasteiger partial charge on any atom is 0.305 e. The summed E-state index contributed by atoms with van der Waals surface area (Å²) in [5.74, 6) is 1.65. The summed E-state index contributed by atoms with van der Waals surface area (Å²) in [4.78, 5) is 25.0. The highest BCUT2D eigenvalue weighted by Gasteiger charge is 2.12. The molecule has 0 spiro atoms. The molecule has 0 radical (unpaired) electrons. The lowest BCUT2D eigenvalue weighted by Gasteiger charge is -2.19. The lowest BCUT2D eigenvalue weighted by atomic mass is 9.93. The molecule has 6 nitrogen and oxygen atoms in total. The van der Waals surface area contributed by atoms with Crippen molar-refractivity contribution in [3.05, 3.63) is 0 Å². The number of aldehydes is 1. The summed E-state index contributed by atoms with van der Waals surface area (Å²) in [6.45, 7) is 16.0. The van der Waals surface area contributed by atoms with Crippen molar-refractivity contribution >= 4 is 12.3 Å². The Kier molecular flexibility index (Phi) is 50.3. The van der Waals surface area contributed by atoms with E-state index in [-0.39, 0.29) is 5.97 Å². The van der Waals surface area contributed by atoms with Crippen LogP contribution in [0.3, 0.4) is 0 Å². The van der Waals surface area contributed by atoms with E-state index in [0.717, 1.165) is 83.0 Å². The first-order valence-electron chi connectivity index (χ1n) is 25.3. The van der Waals surface area contributed by atoms with Crippen molar-refractivity contribution in [3.63, 3.8) is 0 Å². The zero-order chi connectivity index (χ0) is 42.3. The van der Waals surface area contributed by atoms with Gasteiger partial charge in [-0.05, 0) is 83.3 Å². The van der Waals surface area contributed by atoms with Gasteiger partial charge in [-0.3, -0.25) is 4.79 Å². The van der Waals surface area contributed by atoms with Crippen molar-refractivity contribution in [1.29, 1.82) is 0 Å². The van der Waals surface area contributed by atoms with Crippen molar-refractivity contribution in [2.75, 3.05) is 47.1 Å². The topological polar surface area (TPSA) is 65.1 Å². The van der Waals surface area contributed by atoms with E-state index in [1.807, 2.05) is 0 Å². The summed E-state index contributed by atoms with van der Waals surface area (Å²) in [7, 11) is 4.00. The predicted octanol–water partition coefficient (Wildman–Crippen LogP) is 15.3. The zero-order valence-corrected chi connectivity index (χ0v) is 39.9. The quantitative estimate of drug-likeness (QED) is 0.0347. The second kappa shape index (κ2) is 49.4. The molecule has 1 atom stereocenters. The van der Waals surface area contributed by atoms with E-state index in [9.17, 15) is 9.59 Å². The molecule has 0 fully saturated rings. The highest BCUT2D eigenvalue weighted by atomic mass is 16.5. The predicted molar refractivity (Wildman–Crippen MR) is 248 cm³/mol. The highest BCUT2D eigenvalue weighted by molar-refractivity contribution is 5.69. The number of unbranched alkanes of at least 4 members (excludes halogenated alkanes) is 18. The van der Waals surface area contributed by atoms with Crippen LogP contribution in [0.2, 0.25) is 0 Å². The molecule has 0 aromatic heterocycles. The van der Waals surface area contributed by atoms with Crippen LogP contribution in [0.1, 0.15) is 253 Å². The molecule has 0 aromatic carbocycles. The van der Waals surface area contributed by atoms with Crippen LogP contribution in [0.15, 0.2) is 0 Å². The van der Waals surface area contributed by atoms with Gasteiger partial charge in [-0.15, -0.1) is 0 Å². The minimum Gasteiger partial charge on any atom is -0.466 e. The summed E-state index contributed by atoms with van der Waals surface area (Å²) in [5, 5.41) is 0. The molecule has 0 aliphatic rings. The average Bonchev–Trinajstić information content (AvgIpc) is 3.22. The van der Waals surface area contributed by atoms with Crippen LogP contribution in [-0.4, -0.2) is 70.3 Å². The number of hydrogen-bond donors (Lipinski definition) is 0. The van der Waals surface area contributed by atoms with E-state index in [1.165, 1.54) is 173 Å². The Morgan fingerprint density at radius 1 is 0.509 bits per heavy atom. The molecule has 0 amide bonds. The maximum absolute atomic E-state index is 12.2. The van der Waals surface area contributed by atoms with Crippen LogP contribution in [-0.2, 0) is 23.8 Å². The van der Waals surface area contributed by atoms with Crippen molar-refractivity contribution in [3.8, 4) is 0 Å². The van der Waals surface area contributed by atoms with Crippen molar-refractivity contribution in [2.24, 2.45) is 11.8 Å². The van der Waals surface area contributed by atoms with Crippen LogP contribution < -0.4 is 0 Å². The third kappa shape index (κ3) is 45.9. The van der Waals surface area contributed by atoms with Gasteiger partial charge in [-0.2, -0.15) is 0 Å². The van der Waals surface area contributed by atoms with Crippen molar-refractivity contribution in [1.82, 2.24) is 4.90 Å². The van der Waals surface area contributed by atoms with E-state index in [1.54, 1.807) is 7.11 Å². The van der Waals surface area contributed by atoms with Crippen molar-refractivity contribution in [2.45, 2.75) is 259 Å². The molecular formula is C51H103NO5. The molecule has 0 saturated carbocycles. The van der Waals surface area contributed by atoms with Crippen LogP contribution in [0.4, 0.5) is 0 Å². The minimum atomic E-state index is 0.00718. The summed E-state index contributed by atoms with van der Waals surface area (Å²) in [5.41, 5.74) is 0. The fraction of sp³-hybridized carbons (Fsp3) is 0.961. The minimum absolute atomic E-state index is 0.00718. The first kappa shape index (κ1) is 58.1. The molecule has 57 heavy (non-hydrogen) atoms. The number of esters is 1. The molecule has 0 rings (SSSR count). The number of hydrogen-bond acceptors (Lipinski definition) is 6. The van der Waals surface area contributed by atoms with Gasteiger partial charge in [0.05, 0.1) is 12.7 Å².